The van der Waals surface area contributed by atoms with Crippen molar-refractivity contribution in [3.8, 4) is 11.5 Å². The van der Waals surface area contributed by atoms with Crippen LogP contribution >= 0.6 is 11.6 Å². The van der Waals surface area contributed by atoms with Gasteiger partial charge in [-0.05, 0) is 24.3 Å². The first-order valence-electron chi connectivity index (χ1n) is 8.98. The summed E-state index contributed by atoms with van der Waals surface area (Å²) in [5, 5.41) is 9.29. The van der Waals surface area contributed by atoms with Crippen molar-refractivity contribution in [2.45, 2.75) is 6.54 Å². The minimum absolute atomic E-state index is 0.00888. The van der Waals surface area contributed by atoms with Gasteiger partial charge in [0.15, 0.2) is 0 Å². The molecule has 8 nitrogen and oxygen atoms in total. The fourth-order valence-electron chi connectivity index (χ4n) is 2.78. The number of ether oxygens (including phenoxy) is 1. The Hall–Kier alpha value is -2.75. The molecule has 1 saturated heterocycles. The topological polar surface area (TPSA) is 102 Å². The molecule has 0 amide bonds. The summed E-state index contributed by atoms with van der Waals surface area (Å²) in [4.78, 5) is 23.4. The highest BCUT2D eigenvalue weighted by Crippen LogP contribution is 2.11. The average Bonchev–Trinajstić information content (AvgIpc) is 2.98. The monoisotopic (exact) mass is 422 g/mol. The summed E-state index contributed by atoms with van der Waals surface area (Å²) in [7, 11) is 0. The molecule has 3 aromatic rings. The van der Waals surface area contributed by atoms with Crippen LogP contribution in [0.5, 0.6) is 0 Å². The van der Waals surface area contributed by atoms with Gasteiger partial charge in [-0.1, -0.05) is 23.7 Å². The Labute approximate surface area is 170 Å². The molecule has 0 bridgehead atoms. The number of benzene rings is 1. The third-order valence-electron chi connectivity index (χ3n) is 4.18. The van der Waals surface area contributed by atoms with Crippen molar-refractivity contribution in [3.63, 3.8) is 0 Å². The summed E-state index contributed by atoms with van der Waals surface area (Å²) in [6.07, 6.45) is 1.71. The molecule has 1 aromatic carbocycles. The van der Waals surface area contributed by atoms with Crippen LogP contribution in [-0.4, -0.2) is 41.1 Å². The summed E-state index contributed by atoms with van der Waals surface area (Å²) in [5.41, 5.74) is 0.0235. The van der Waals surface area contributed by atoms with E-state index in [0.29, 0.717) is 19.8 Å². The van der Waals surface area contributed by atoms with Crippen molar-refractivity contribution < 1.29 is 13.5 Å². The van der Waals surface area contributed by atoms with Gasteiger partial charge in [-0.15, -0.1) is 5.10 Å². The fraction of sp³-hybridized carbons (Fsp3) is 0.316. The number of nitrogens with one attached hydrogen (secondary N) is 2. The molecule has 29 heavy (non-hydrogen) atoms. The van der Waals surface area contributed by atoms with Gasteiger partial charge in [-0.3, -0.25) is 4.79 Å². The first-order chi connectivity index (χ1) is 14.0. The molecular formula is C19H20ClFN4O4. The predicted molar refractivity (Wildman–Crippen MR) is 105 cm³/mol. The van der Waals surface area contributed by atoms with E-state index in [1.54, 1.807) is 35.0 Å². The van der Waals surface area contributed by atoms with E-state index >= 15 is 0 Å². The molecule has 10 heteroatoms. The number of hydrogen-bond acceptors (Lipinski definition) is 6. The van der Waals surface area contributed by atoms with Gasteiger partial charge in [-0.25, -0.2) is 14.3 Å². The number of H-pyrrole nitrogens is 1. The van der Waals surface area contributed by atoms with Crippen LogP contribution in [0.15, 0.2) is 56.6 Å². The fourth-order valence-corrected chi connectivity index (χ4v) is 2.92. The molecule has 0 aliphatic carbocycles. The van der Waals surface area contributed by atoms with Gasteiger partial charge < -0.3 is 19.0 Å². The smallest absolute Gasteiger partial charge is 0.388 e. The number of pyridine rings is 1. The molecule has 1 atom stereocenters. The summed E-state index contributed by atoms with van der Waals surface area (Å²) in [6.45, 7) is 3.46. The van der Waals surface area contributed by atoms with Crippen LogP contribution < -0.4 is 16.6 Å². The molecule has 154 valence electrons. The molecule has 0 saturated carbocycles. The third kappa shape index (κ3) is 5.86. The Bertz CT molecular complexity index is 1020. The van der Waals surface area contributed by atoms with Crippen LogP contribution in [0.3, 0.4) is 0 Å². The maximum absolute atomic E-state index is 12.4. The molecule has 1 fully saturated rings. The Kier molecular flexibility index (Phi) is 7.34. The van der Waals surface area contributed by atoms with E-state index in [-0.39, 0.29) is 33.8 Å². The minimum Gasteiger partial charge on any atom is -0.388 e. The number of aromatic amines is 1. The minimum atomic E-state index is -0.679. The molecule has 2 aromatic heterocycles. The SMILES string of the molecule is Fc1ccccc1Cl.O=c1[nH]nc(-c2cccn(CC3CNCCOC3)c2=O)o1. The van der Waals surface area contributed by atoms with Crippen LogP contribution in [0, 0.1) is 11.7 Å². The maximum Gasteiger partial charge on any atom is 0.434 e. The van der Waals surface area contributed by atoms with Crippen molar-refractivity contribution in [2.24, 2.45) is 5.92 Å². The van der Waals surface area contributed by atoms with Crippen LogP contribution in [0.1, 0.15) is 0 Å². The van der Waals surface area contributed by atoms with E-state index in [4.69, 9.17) is 20.8 Å². The lowest BCUT2D eigenvalue weighted by Gasteiger charge is -2.15. The van der Waals surface area contributed by atoms with E-state index in [9.17, 15) is 14.0 Å². The van der Waals surface area contributed by atoms with Crippen LogP contribution in [0.4, 0.5) is 4.39 Å². The Morgan fingerprint density at radius 1 is 1.24 bits per heavy atom. The second-order valence-corrected chi connectivity index (χ2v) is 6.76. The molecule has 4 rings (SSSR count). The number of hydrogen-bond donors (Lipinski definition) is 2. The first-order valence-corrected chi connectivity index (χ1v) is 9.36. The number of nitrogens with zero attached hydrogens (tertiary/aromatic N) is 2. The third-order valence-corrected chi connectivity index (χ3v) is 4.48. The Balaban J connectivity index is 0.000000252. The second-order valence-electron chi connectivity index (χ2n) is 6.36. The quantitative estimate of drug-likeness (QED) is 0.668. The average molecular weight is 423 g/mol. The lowest BCUT2D eigenvalue weighted by atomic mass is 10.1. The standard InChI is InChI=1S/C13H16N4O4.C6H4ClF/c18-12-10(11-15-16-13(19)21-11)2-1-4-17(12)7-9-6-14-3-5-20-8-9;7-5-3-1-2-4-6(5)8/h1-2,4,9,14H,3,5-8H2,(H,16,19);1-4H. The van der Waals surface area contributed by atoms with Crippen molar-refractivity contribution in [1.29, 1.82) is 0 Å². The lowest BCUT2D eigenvalue weighted by Crippen LogP contribution is -2.31. The van der Waals surface area contributed by atoms with Crippen LogP contribution in [0.2, 0.25) is 5.02 Å². The van der Waals surface area contributed by atoms with E-state index in [1.165, 1.54) is 12.1 Å². The molecule has 1 aliphatic rings. The number of aromatic nitrogens is 3. The summed E-state index contributed by atoms with van der Waals surface area (Å²) < 4.78 is 24.1. The van der Waals surface area contributed by atoms with Gasteiger partial charge in [0.2, 0.25) is 0 Å². The number of rotatable bonds is 3. The zero-order chi connectivity index (χ0) is 20.6. The summed E-state index contributed by atoms with van der Waals surface area (Å²) in [5.74, 6) is -0.823. The largest absolute Gasteiger partial charge is 0.434 e. The zero-order valence-electron chi connectivity index (χ0n) is 15.4. The van der Waals surface area contributed by atoms with E-state index in [1.807, 2.05) is 0 Å². The second kappa shape index (κ2) is 10.1. The van der Waals surface area contributed by atoms with Crippen molar-refractivity contribution in [3.05, 3.63) is 74.3 Å². The normalized spacial score (nSPS) is 16.6. The highest BCUT2D eigenvalue weighted by Gasteiger charge is 2.16. The maximum atomic E-state index is 12.4. The molecule has 0 radical (unpaired) electrons. The van der Waals surface area contributed by atoms with E-state index in [2.05, 4.69) is 15.5 Å². The van der Waals surface area contributed by atoms with Crippen LogP contribution in [-0.2, 0) is 11.3 Å². The predicted octanol–water partition coefficient (Wildman–Crippen LogP) is 1.91. The summed E-state index contributed by atoms with van der Waals surface area (Å²) in [6, 6.07) is 9.43. The van der Waals surface area contributed by atoms with Gasteiger partial charge in [0.25, 0.3) is 11.4 Å². The van der Waals surface area contributed by atoms with Crippen molar-refractivity contribution in [2.75, 3.05) is 26.3 Å². The summed E-state index contributed by atoms with van der Waals surface area (Å²) >= 11 is 5.33. The van der Waals surface area contributed by atoms with Gasteiger partial charge in [-0.2, -0.15) is 0 Å². The molecule has 2 N–H and O–H groups in total. The number of halogens is 2. The van der Waals surface area contributed by atoms with E-state index in [0.717, 1.165) is 13.1 Å². The molecule has 0 spiro atoms. The zero-order valence-corrected chi connectivity index (χ0v) is 16.2. The molecular weight excluding hydrogens is 403 g/mol. The highest BCUT2D eigenvalue weighted by molar-refractivity contribution is 6.30. The molecule has 3 heterocycles. The Morgan fingerprint density at radius 2 is 2.07 bits per heavy atom. The van der Waals surface area contributed by atoms with Crippen molar-refractivity contribution >= 4 is 11.6 Å². The van der Waals surface area contributed by atoms with Crippen LogP contribution in [0.25, 0.3) is 11.5 Å². The molecule has 1 unspecified atom stereocenters. The van der Waals surface area contributed by atoms with E-state index < -0.39 is 5.76 Å². The first kappa shape index (κ1) is 21.0. The Morgan fingerprint density at radius 3 is 2.76 bits per heavy atom. The van der Waals surface area contributed by atoms with Gasteiger partial charge in [0.1, 0.15) is 11.4 Å². The van der Waals surface area contributed by atoms with Gasteiger partial charge in [0.05, 0.1) is 18.2 Å². The van der Waals surface area contributed by atoms with Crippen molar-refractivity contribution in [1.82, 2.24) is 20.1 Å². The highest BCUT2D eigenvalue weighted by atomic mass is 35.5. The van der Waals surface area contributed by atoms with Gasteiger partial charge in [0, 0.05) is 31.7 Å². The van der Waals surface area contributed by atoms with Gasteiger partial charge >= 0.3 is 5.76 Å². The molecule has 1 aliphatic heterocycles. The lowest BCUT2D eigenvalue weighted by molar-refractivity contribution is 0.117.